The van der Waals surface area contributed by atoms with Crippen LogP contribution >= 0.6 is 15.9 Å². The molecule has 1 unspecified atom stereocenters. The second kappa shape index (κ2) is 9.78. The van der Waals surface area contributed by atoms with Crippen molar-refractivity contribution in [3.8, 4) is 11.5 Å². The van der Waals surface area contributed by atoms with Gasteiger partial charge < -0.3 is 13.9 Å². The van der Waals surface area contributed by atoms with Crippen LogP contribution < -0.4 is 19.8 Å². The van der Waals surface area contributed by atoms with Crippen LogP contribution in [0, 0.1) is 5.82 Å². The van der Waals surface area contributed by atoms with Gasteiger partial charge in [0, 0.05) is 10.2 Å². The number of carbonyl (C=O) groups excluding carboxylic acids is 1. The Morgan fingerprint density at radius 2 is 1.89 bits per heavy atom. The highest BCUT2D eigenvalue weighted by molar-refractivity contribution is 9.10. The van der Waals surface area contributed by atoms with Crippen LogP contribution in [0.3, 0.4) is 0 Å². The van der Waals surface area contributed by atoms with Crippen LogP contribution in [0.15, 0.2) is 74.3 Å². The predicted octanol–water partition coefficient (Wildman–Crippen LogP) is 6.63. The van der Waals surface area contributed by atoms with Crippen LogP contribution in [0.5, 0.6) is 11.5 Å². The summed E-state index contributed by atoms with van der Waals surface area (Å²) in [4.78, 5) is 28.9. The summed E-state index contributed by atoms with van der Waals surface area (Å²) in [6.45, 7) is 2.62. The number of halogens is 2. The normalized spacial score (nSPS) is 14.8. The maximum Gasteiger partial charge on any atom is 0.295 e. The fourth-order valence-electron chi connectivity index (χ4n) is 4.45. The Labute approximate surface area is 215 Å². The lowest BCUT2D eigenvalue weighted by atomic mass is 9.97. The summed E-state index contributed by atoms with van der Waals surface area (Å²) < 4.78 is 32.1. The van der Waals surface area contributed by atoms with Gasteiger partial charge in [0.25, 0.3) is 5.91 Å². The summed E-state index contributed by atoms with van der Waals surface area (Å²) in [5.74, 6) is -0.0320. The summed E-state index contributed by atoms with van der Waals surface area (Å²) in [5, 5.41) is 0.0779. The van der Waals surface area contributed by atoms with Gasteiger partial charge in [0.2, 0.25) is 5.76 Å². The van der Waals surface area contributed by atoms with Crippen LogP contribution in [-0.4, -0.2) is 19.6 Å². The number of carbonyl (C=O) groups is 1. The van der Waals surface area contributed by atoms with Gasteiger partial charge in [0.15, 0.2) is 16.9 Å². The molecule has 5 rings (SSSR count). The Kier molecular flexibility index (Phi) is 6.53. The molecular weight excluding hydrogens is 529 g/mol. The second-order valence-electron chi connectivity index (χ2n) is 8.48. The molecule has 184 valence electrons. The van der Waals surface area contributed by atoms with Crippen LogP contribution in [0.4, 0.5) is 10.1 Å². The van der Waals surface area contributed by atoms with Gasteiger partial charge in [-0.15, -0.1) is 0 Å². The molecule has 0 radical (unpaired) electrons. The SMILES string of the molecule is CCCCOc1ccc(C2c3c(oc4ccc(F)cc4c3=O)C(=O)N2c2cccc(Br)c2)cc1OC. The van der Waals surface area contributed by atoms with Crippen molar-refractivity contribution in [3.05, 3.63) is 98.1 Å². The van der Waals surface area contributed by atoms with E-state index in [1.165, 1.54) is 24.1 Å². The fraction of sp³-hybridized carbons (Fsp3) is 0.214. The van der Waals surface area contributed by atoms with Gasteiger partial charge in [-0.05, 0) is 60.5 Å². The van der Waals surface area contributed by atoms with E-state index in [-0.39, 0.29) is 22.3 Å². The van der Waals surface area contributed by atoms with E-state index in [0.717, 1.165) is 23.4 Å². The van der Waals surface area contributed by atoms with E-state index in [2.05, 4.69) is 22.9 Å². The van der Waals surface area contributed by atoms with Gasteiger partial charge in [-0.2, -0.15) is 0 Å². The summed E-state index contributed by atoms with van der Waals surface area (Å²) >= 11 is 3.46. The van der Waals surface area contributed by atoms with Crippen molar-refractivity contribution in [1.82, 2.24) is 0 Å². The van der Waals surface area contributed by atoms with Gasteiger partial charge in [-0.3, -0.25) is 14.5 Å². The van der Waals surface area contributed by atoms with Crippen molar-refractivity contribution < 1.29 is 23.1 Å². The average Bonchev–Trinajstić information content (AvgIpc) is 3.17. The molecule has 0 saturated heterocycles. The second-order valence-corrected chi connectivity index (χ2v) is 9.40. The molecule has 3 aromatic carbocycles. The van der Waals surface area contributed by atoms with Crippen LogP contribution in [0.25, 0.3) is 11.0 Å². The lowest BCUT2D eigenvalue weighted by Gasteiger charge is -2.26. The number of fused-ring (bicyclic) bond motifs is 2. The first-order valence-electron chi connectivity index (χ1n) is 11.6. The largest absolute Gasteiger partial charge is 0.493 e. The van der Waals surface area contributed by atoms with E-state index in [1.54, 1.807) is 36.4 Å². The van der Waals surface area contributed by atoms with Crippen LogP contribution in [0.1, 0.15) is 47.5 Å². The molecule has 1 aromatic heterocycles. The van der Waals surface area contributed by atoms with Gasteiger partial charge in [0.05, 0.1) is 30.7 Å². The predicted molar refractivity (Wildman–Crippen MR) is 139 cm³/mol. The number of amides is 1. The Balaban J connectivity index is 1.72. The zero-order valence-electron chi connectivity index (χ0n) is 19.7. The molecule has 0 aliphatic carbocycles. The number of hydrogen-bond acceptors (Lipinski definition) is 5. The Bertz CT molecular complexity index is 1530. The first-order chi connectivity index (χ1) is 17.4. The average molecular weight is 552 g/mol. The van der Waals surface area contributed by atoms with Gasteiger partial charge >= 0.3 is 0 Å². The molecule has 6 nitrogen and oxygen atoms in total. The zero-order valence-corrected chi connectivity index (χ0v) is 21.3. The minimum Gasteiger partial charge on any atom is -0.493 e. The van der Waals surface area contributed by atoms with Crippen molar-refractivity contribution in [1.29, 1.82) is 0 Å². The minimum atomic E-state index is -0.815. The molecule has 36 heavy (non-hydrogen) atoms. The molecule has 0 fully saturated rings. The quantitative estimate of drug-likeness (QED) is 0.241. The Hall–Kier alpha value is -3.65. The first kappa shape index (κ1) is 24.1. The smallest absolute Gasteiger partial charge is 0.295 e. The molecule has 0 bridgehead atoms. The molecule has 0 saturated carbocycles. The van der Waals surface area contributed by atoms with Crippen molar-refractivity contribution in [3.63, 3.8) is 0 Å². The number of ether oxygens (including phenoxy) is 2. The Morgan fingerprint density at radius 1 is 1.06 bits per heavy atom. The van der Waals surface area contributed by atoms with E-state index in [0.29, 0.717) is 29.4 Å². The fourth-order valence-corrected chi connectivity index (χ4v) is 4.84. The number of rotatable bonds is 7. The topological polar surface area (TPSA) is 69.0 Å². The summed E-state index contributed by atoms with van der Waals surface area (Å²) in [6.07, 6.45) is 1.89. The lowest BCUT2D eigenvalue weighted by Crippen LogP contribution is -2.29. The highest BCUT2D eigenvalue weighted by Crippen LogP contribution is 2.43. The van der Waals surface area contributed by atoms with E-state index < -0.39 is 23.2 Å². The highest BCUT2D eigenvalue weighted by Gasteiger charge is 2.44. The van der Waals surface area contributed by atoms with Crippen LogP contribution in [0.2, 0.25) is 0 Å². The molecule has 0 spiro atoms. The number of methoxy groups -OCH3 is 1. The van der Waals surface area contributed by atoms with E-state index in [4.69, 9.17) is 13.9 Å². The molecule has 1 atom stereocenters. The highest BCUT2D eigenvalue weighted by atomic mass is 79.9. The molecule has 1 aliphatic heterocycles. The molecule has 1 amide bonds. The standard InChI is InChI=1S/C28H23BrFNO5/c1-3-4-12-35-22-10-8-16(13-23(22)34-2)25-24-26(32)20-15-18(30)9-11-21(20)36-27(24)28(33)31(25)19-7-5-6-17(29)14-19/h5-11,13-15,25H,3-4,12H2,1-2H3. The molecule has 4 aromatic rings. The number of nitrogens with zero attached hydrogens (tertiary/aromatic N) is 1. The van der Waals surface area contributed by atoms with E-state index >= 15 is 0 Å². The van der Waals surface area contributed by atoms with E-state index in [9.17, 15) is 14.0 Å². The summed E-state index contributed by atoms with van der Waals surface area (Å²) in [7, 11) is 1.54. The Morgan fingerprint density at radius 3 is 2.64 bits per heavy atom. The third-order valence-electron chi connectivity index (χ3n) is 6.18. The third-order valence-corrected chi connectivity index (χ3v) is 6.67. The number of hydrogen-bond donors (Lipinski definition) is 0. The minimum absolute atomic E-state index is 0.0636. The monoisotopic (exact) mass is 551 g/mol. The van der Waals surface area contributed by atoms with Crippen molar-refractivity contribution in [2.24, 2.45) is 0 Å². The van der Waals surface area contributed by atoms with Gasteiger partial charge in [-0.25, -0.2) is 4.39 Å². The molecule has 2 heterocycles. The molecule has 8 heteroatoms. The number of unbranched alkanes of at least 4 members (excludes halogenated alkanes) is 1. The first-order valence-corrected chi connectivity index (χ1v) is 12.4. The number of anilines is 1. The maximum absolute atomic E-state index is 14.0. The van der Waals surface area contributed by atoms with E-state index in [1.807, 2.05) is 6.07 Å². The van der Waals surface area contributed by atoms with Gasteiger partial charge in [0.1, 0.15) is 11.4 Å². The zero-order chi connectivity index (χ0) is 25.4. The molecule has 1 aliphatic rings. The molecular formula is C28H23BrFNO5. The third kappa shape index (κ3) is 4.15. The van der Waals surface area contributed by atoms with Crippen molar-refractivity contribution >= 4 is 38.5 Å². The van der Waals surface area contributed by atoms with Gasteiger partial charge in [-0.1, -0.05) is 41.4 Å². The number of benzene rings is 3. The molecule has 0 N–H and O–H groups in total. The lowest BCUT2D eigenvalue weighted by molar-refractivity contribution is 0.0971. The van der Waals surface area contributed by atoms with Crippen molar-refractivity contribution in [2.75, 3.05) is 18.6 Å². The summed E-state index contributed by atoms with van der Waals surface area (Å²) in [6, 6.07) is 15.4. The summed E-state index contributed by atoms with van der Waals surface area (Å²) in [5.41, 5.74) is 1.05. The maximum atomic E-state index is 14.0. The van der Waals surface area contributed by atoms with Crippen molar-refractivity contribution in [2.45, 2.75) is 25.8 Å². The van der Waals surface area contributed by atoms with Crippen LogP contribution in [-0.2, 0) is 0 Å².